The van der Waals surface area contributed by atoms with E-state index in [1.807, 2.05) is 36.4 Å². The topological polar surface area (TPSA) is 114 Å². The van der Waals surface area contributed by atoms with Gasteiger partial charge >= 0.3 is 11.9 Å². The second-order valence-electron chi connectivity index (χ2n) is 10.3. The predicted octanol–water partition coefficient (Wildman–Crippen LogP) is 5.36. The molecule has 0 saturated carbocycles. The molecule has 0 aliphatic rings. The van der Waals surface area contributed by atoms with E-state index in [-0.39, 0.29) is 5.69 Å². The van der Waals surface area contributed by atoms with Crippen molar-refractivity contribution in [1.82, 2.24) is 4.98 Å². The fourth-order valence-corrected chi connectivity index (χ4v) is 4.26. The number of nitrogens with zero attached hydrogens (tertiary/aromatic N) is 2. The van der Waals surface area contributed by atoms with Gasteiger partial charge in [-0.1, -0.05) is 36.4 Å². The van der Waals surface area contributed by atoms with Crippen molar-refractivity contribution in [1.29, 1.82) is 0 Å². The van der Waals surface area contributed by atoms with Crippen LogP contribution in [-0.2, 0) is 20.8 Å². The first-order chi connectivity index (χ1) is 19.7. The van der Waals surface area contributed by atoms with Gasteiger partial charge in [0.1, 0.15) is 23.3 Å². The Kier molecular flexibility index (Phi) is 9.19. The Labute approximate surface area is 239 Å². The molecule has 9 nitrogen and oxygen atoms in total. The molecule has 0 spiro atoms. The highest BCUT2D eigenvalue weighted by Gasteiger charge is 2.41. The van der Waals surface area contributed by atoms with Gasteiger partial charge in [-0.3, -0.25) is 4.79 Å². The normalized spacial score (nSPS) is 12.6. The molecule has 41 heavy (non-hydrogen) atoms. The largest absolute Gasteiger partial charge is 0.618 e. The van der Waals surface area contributed by atoms with Gasteiger partial charge in [0.25, 0.3) is 0 Å². The summed E-state index contributed by atoms with van der Waals surface area (Å²) in [5, 5.41) is 16.3. The lowest BCUT2D eigenvalue weighted by Gasteiger charge is -2.29. The second kappa shape index (κ2) is 13.0. The molecular formula is C32H33N3O6. The Morgan fingerprint density at radius 3 is 2.32 bits per heavy atom. The molecule has 2 aromatic carbocycles. The van der Waals surface area contributed by atoms with Crippen LogP contribution in [0, 0.1) is 5.21 Å². The Bertz CT molecular complexity index is 1470. The van der Waals surface area contributed by atoms with Crippen LogP contribution in [0.1, 0.15) is 60.0 Å². The third-order valence-electron chi connectivity index (χ3n) is 6.15. The van der Waals surface area contributed by atoms with Crippen molar-refractivity contribution in [3.63, 3.8) is 0 Å². The van der Waals surface area contributed by atoms with Crippen LogP contribution < -0.4 is 14.8 Å². The lowest BCUT2D eigenvalue weighted by atomic mass is 9.91. The van der Waals surface area contributed by atoms with Gasteiger partial charge in [-0.25, -0.2) is 9.78 Å². The van der Waals surface area contributed by atoms with E-state index in [2.05, 4.69) is 10.3 Å². The maximum Gasteiger partial charge on any atom is 0.337 e. The highest BCUT2D eigenvalue weighted by molar-refractivity contribution is 5.89. The summed E-state index contributed by atoms with van der Waals surface area (Å²) in [7, 11) is 1.30. The number of ether oxygens (including phenoxy) is 3. The monoisotopic (exact) mass is 555 g/mol. The molecule has 0 aliphatic heterocycles. The molecule has 4 rings (SSSR count). The van der Waals surface area contributed by atoms with Crippen LogP contribution in [-0.4, -0.2) is 29.6 Å². The minimum absolute atomic E-state index is 0.160. The van der Waals surface area contributed by atoms with Crippen molar-refractivity contribution in [2.45, 2.75) is 44.9 Å². The third kappa shape index (κ3) is 7.60. The molecule has 212 valence electrons. The summed E-state index contributed by atoms with van der Waals surface area (Å²) in [5.41, 5.74) is 1.04. The number of rotatable bonds is 10. The molecule has 9 heteroatoms. The fraction of sp³-hybridized carbons (Fsp3) is 0.250. The van der Waals surface area contributed by atoms with Gasteiger partial charge in [-0.05, 0) is 62.7 Å². The van der Waals surface area contributed by atoms with Crippen LogP contribution in [0.5, 0.6) is 5.75 Å². The van der Waals surface area contributed by atoms with E-state index in [0.717, 1.165) is 5.56 Å². The molecule has 2 heterocycles. The van der Waals surface area contributed by atoms with Crippen LogP contribution in [0.4, 0.5) is 5.82 Å². The summed E-state index contributed by atoms with van der Waals surface area (Å²) in [6.07, 6.45) is 2.03. The molecule has 0 amide bonds. The summed E-state index contributed by atoms with van der Waals surface area (Å²) >= 11 is 0. The van der Waals surface area contributed by atoms with Gasteiger partial charge in [-0.2, -0.15) is 4.73 Å². The molecule has 0 bridgehead atoms. The number of hydrogen-bond acceptors (Lipinski definition) is 8. The molecule has 4 aromatic rings. The van der Waals surface area contributed by atoms with Crippen molar-refractivity contribution in [3.8, 4) is 5.75 Å². The van der Waals surface area contributed by atoms with Crippen molar-refractivity contribution >= 4 is 17.8 Å². The quantitative estimate of drug-likeness (QED) is 0.158. The summed E-state index contributed by atoms with van der Waals surface area (Å²) in [5.74, 6) is -1.07. The maximum absolute atomic E-state index is 13.8. The zero-order chi connectivity index (χ0) is 29.4. The van der Waals surface area contributed by atoms with Crippen LogP contribution in [0.3, 0.4) is 0 Å². The maximum atomic E-state index is 13.8. The lowest BCUT2D eigenvalue weighted by Crippen LogP contribution is -2.40. The molecule has 2 unspecified atom stereocenters. The number of methoxy groups -OCH3 is 1. The SMILES string of the molecule is COC(=O)c1ccc(C(Oc2ccccc2CNc2ccccn2)C(C(=O)OC(C)(C)C)c2cccc[n+]2[O-])cc1. The van der Waals surface area contributed by atoms with Gasteiger partial charge in [-0.15, -0.1) is 0 Å². The number of para-hydroxylation sites is 1. The number of carbonyl (C=O) groups is 2. The van der Waals surface area contributed by atoms with Gasteiger partial charge in [0.15, 0.2) is 12.1 Å². The zero-order valence-corrected chi connectivity index (χ0v) is 23.4. The molecule has 0 fully saturated rings. The molecule has 0 radical (unpaired) electrons. The number of aromatic nitrogens is 2. The minimum atomic E-state index is -1.14. The first-order valence-corrected chi connectivity index (χ1v) is 13.1. The van der Waals surface area contributed by atoms with Crippen molar-refractivity contribution in [3.05, 3.63) is 125 Å². The summed E-state index contributed by atoms with van der Waals surface area (Å²) < 4.78 is 17.9. The smallest absolute Gasteiger partial charge is 0.337 e. The van der Waals surface area contributed by atoms with Crippen LogP contribution in [0.25, 0.3) is 0 Å². The number of pyridine rings is 2. The average molecular weight is 556 g/mol. The van der Waals surface area contributed by atoms with E-state index in [4.69, 9.17) is 14.2 Å². The lowest BCUT2D eigenvalue weighted by molar-refractivity contribution is -0.615. The highest BCUT2D eigenvalue weighted by Crippen LogP contribution is 2.37. The number of esters is 2. The van der Waals surface area contributed by atoms with E-state index >= 15 is 0 Å². The number of nitrogens with one attached hydrogen (secondary N) is 1. The summed E-state index contributed by atoms with van der Waals surface area (Å²) in [4.78, 5) is 30.2. The Hall–Kier alpha value is -4.92. The van der Waals surface area contributed by atoms with Crippen molar-refractivity contribution < 1.29 is 28.5 Å². The highest BCUT2D eigenvalue weighted by atomic mass is 16.6. The van der Waals surface area contributed by atoms with Gasteiger partial charge < -0.3 is 24.7 Å². The van der Waals surface area contributed by atoms with E-state index in [9.17, 15) is 14.8 Å². The first kappa shape index (κ1) is 29.1. The van der Waals surface area contributed by atoms with E-state index < -0.39 is 29.6 Å². The van der Waals surface area contributed by atoms with Gasteiger partial charge in [0.05, 0.1) is 12.7 Å². The van der Waals surface area contributed by atoms with Crippen LogP contribution >= 0.6 is 0 Å². The number of hydrogen-bond donors (Lipinski definition) is 1. The number of anilines is 1. The number of carbonyl (C=O) groups excluding carboxylic acids is 2. The second-order valence-corrected chi connectivity index (χ2v) is 10.3. The molecule has 2 atom stereocenters. The summed E-state index contributed by atoms with van der Waals surface area (Å²) in [6, 6.07) is 24.4. The Morgan fingerprint density at radius 2 is 1.66 bits per heavy atom. The minimum Gasteiger partial charge on any atom is -0.618 e. The van der Waals surface area contributed by atoms with Gasteiger partial charge in [0, 0.05) is 30.4 Å². The molecule has 1 N–H and O–H groups in total. The molecular weight excluding hydrogens is 522 g/mol. The molecule has 2 aromatic heterocycles. The third-order valence-corrected chi connectivity index (χ3v) is 6.15. The predicted molar refractivity (Wildman–Crippen MR) is 153 cm³/mol. The summed E-state index contributed by atoms with van der Waals surface area (Å²) in [6.45, 7) is 5.68. The first-order valence-electron chi connectivity index (χ1n) is 13.1. The van der Waals surface area contributed by atoms with Crippen LogP contribution in [0.2, 0.25) is 0 Å². The fourth-order valence-electron chi connectivity index (χ4n) is 4.26. The Morgan fingerprint density at radius 1 is 0.951 bits per heavy atom. The Balaban J connectivity index is 1.79. The average Bonchev–Trinajstić information content (AvgIpc) is 2.96. The van der Waals surface area contributed by atoms with E-state index in [0.29, 0.717) is 34.0 Å². The van der Waals surface area contributed by atoms with E-state index in [1.54, 1.807) is 75.5 Å². The van der Waals surface area contributed by atoms with Crippen LogP contribution in [0.15, 0.2) is 97.3 Å². The molecule has 0 saturated heterocycles. The standard InChI is InChI=1S/C32H33N3O6/c1-32(2,3)41-31(37)28(25-12-8-10-20-35(25)38)29(22-15-17-23(18-16-22)30(36)39-4)40-26-13-6-5-11-24(26)21-34-27-14-7-9-19-33-27/h5-20,28-29H,21H2,1-4H3,(H,33,34). The molecule has 0 aliphatic carbocycles. The van der Waals surface area contributed by atoms with Crippen molar-refractivity contribution in [2.75, 3.05) is 12.4 Å². The zero-order valence-electron chi connectivity index (χ0n) is 23.4. The number of benzene rings is 2. The van der Waals surface area contributed by atoms with Gasteiger partial charge in [0.2, 0.25) is 5.69 Å². The van der Waals surface area contributed by atoms with Crippen molar-refractivity contribution in [2.24, 2.45) is 0 Å². The van der Waals surface area contributed by atoms with E-state index in [1.165, 1.54) is 13.3 Å².